The summed E-state index contributed by atoms with van der Waals surface area (Å²) in [5.41, 5.74) is 1.02. The molecule has 1 aromatic heterocycles. The van der Waals surface area contributed by atoms with Crippen LogP contribution in [0.15, 0.2) is 53.9 Å². The van der Waals surface area contributed by atoms with Gasteiger partial charge < -0.3 is 5.32 Å². The first-order chi connectivity index (χ1) is 7.84. The Morgan fingerprint density at radius 1 is 1.12 bits per heavy atom. The molecule has 0 radical (unpaired) electrons. The molecule has 0 amide bonds. The standard InChI is InChI=1S/C13H11NS2/c15-13(9-8-12-7-4-10-16-12)14-11-5-2-1-3-6-11/h1-10H,(H,14,15). The van der Waals surface area contributed by atoms with Gasteiger partial charge in [-0.2, -0.15) is 0 Å². The Labute approximate surface area is 104 Å². The second kappa shape index (κ2) is 5.58. The van der Waals surface area contributed by atoms with Gasteiger partial charge >= 0.3 is 0 Å². The lowest BCUT2D eigenvalue weighted by Crippen LogP contribution is -2.04. The van der Waals surface area contributed by atoms with Gasteiger partial charge in [-0.3, -0.25) is 0 Å². The maximum Gasteiger partial charge on any atom is 0.103 e. The van der Waals surface area contributed by atoms with Crippen LogP contribution in [0.3, 0.4) is 0 Å². The van der Waals surface area contributed by atoms with Crippen LogP contribution in [-0.2, 0) is 0 Å². The lowest BCUT2D eigenvalue weighted by atomic mass is 10.3. The number of hydrogen-bond donors (Lipinski definition) is 1. The van der Waals surface area contributed by atoms with Crippen LogP contribution in [-0.4, -0.2) is 4.99 Å². The van der Waals surface area contributed by atoms with Crippen LogP contribution in [0, 0.1) is 0 Å². The molecule has 2 aromatic rings. The number of thiocarbonyl (C=S) groups is 1. The highest BCUT2D eigenvalue weighted by Crippen LogP contribution is 2.11. The summed E-state index contributed by atoms with van der Waals surface area (Å²) in [6.07, 6.45) is 3.93. The normalized spacial score (nSPS) is 10.5. The van der Waals surface area contributed by atoms with Crippen molar-refractivity contribution >= 4 is 40.3 Å². The SMILES string of the molecule is S=C(C=Cc1cccs1)Nc1ccccc1. The van der Waals surface area contributed by atoms with E-state index in [1.807, 2.05) is 53.9 Å². The van der Waals surface area contributed by atoms with Gasteiger partial charge in [-0.05, 0) is 35.7 Å². The van der Waals surface area contributed by atoms with Crippen LogP contribution in [0.25, 0.3) is 6.08 Å². The Bertz CT molecular complexity index is 472. The van der Waals surface area contributed by atoms with Gasteiger partial charge in [0.1, 0.15) is 4.99 Å². The van der Waals surface area contributed by atoms with E-state index >= 15 is 0 Å². The Hall–Kier alpha value is -1.45. The van der Waals surface area contributed by atoms with Crippen LogP contribution < -0.4 is 5.32 Å². The van der Waals surface area contributed by atoms with E-state index in [1.165, 1.54) is 4.88 Å². The number of para-hydroxylation sites is 1. The molecule has 0 fully saturated rings. The van der Waals surface area contributed by atoms with E-state index in [9.17, 15) is 0 Å². The third-order valence-electron chi connectivity index (χ3n) is 1.98. The number of rotatable bonds is 3. The van der Waals surface area contributed by atoms with Crippen molar-refractivity contribution in [1.82, 2.24) is 0 Å². The fourth-order valence-corrected chi connectivity index (χ4v) is 2.05. The average molecular weight is 245 g/mol. The third kappa shape index (κ3) is 3.29. The number of thiophene rings is 1. The Kier molecular flexibility index (Phi) is 3.86. The highest BCUT2D eigenvalue weighted by atomic mass is 32.1. The monoisotopic (exact) mass is 245 g/mol. The van der Waals surface area contributed by atoms with E-state index in [0.29, 0.717) is 0 Å². The molecule has 0 aliphatic rings. The highest BCUT2D eigenvalue weighted by Gasteiger charge is 1.92. The van der Waals surface area contributed by atoms with Gasteiger partial charge in [0.15, 0.2) is 0 Å². The summed E-state index contributed by atoms with van der Waals surface area (Å²) < 4.78 is 0. The predicted molar refractivity (Wildman–Crippen MR) is 76.0 cm³/mol. The molecule has 80 valence electrons. The second-order valence-corrected chi connectivity index (χ2v) is 4.62. The minimum atomic E-state index is 0.722. The lowest BCUT2D eigenvalue weighted by Gasteiger charge is -2.02. The Morgan fingerprint density at radius 3 is 2.62 bits per heavy atom. The summed E-state index contributed by atoms with van der Waals surface area (Å²) in [6.45, 7) is 0. The number of benzene rings is 1. The largest absolute Gasteiger partial charge is 0.347 e. The van der Waals surface area contributed by atoms with E-state index in [-0.39, 0.29) is 0 Å². The maximum absolute atomic E-state index is 5.22. The molecule has 3 heteroatoms. The first-order valence-electron chi connectivity index (χ1n) is 4.92. The van der Waals surface area contributed by atoms with Crippen molar-refractivity contribution in [2.45, 2.75) is 0 Å². The van der Waals surface area contributed by atoms with E-state index in [2.05, 4.69) is 11.4 Å². The first kappa shape index (κ1) is 11.0. The predicted octanol–water partition coefficient (Wildman–Crippen LogP) is 4.20. The highest BCUT2D eigenvalue weighted by molar-refractivity contribution is 7.81. The molecule has 0 spiro atoms. The molecule has 0 saturated heterocycles. The van der Waals surface area contributed by atoms with E-state index in [0.717, 1.165) is 10.7 Å². The molecular formula is C13H11NS2. The molecule has 1 nitrogen and oxygen atoms in total. The van der Waals surface area contributed by atoms with Crippen molar-refractivity contribution in [2.75, 3.05) is 5.32 Å². The summed E-state index contributed by atoms with van der Waals surface area (Å²) >= 11 is 6.91. The van der Waals surface area contributed by atoms with Crippen molar-refractivity contribution in [3.63, 3.8) is 0 Å². The fourth-order valence-electron chi connectivity index (χ4n) is 1.25. The summed E-state index contributed by atoms with van der Waals surface area (Å²) in [6, 6.07) is 14.0. The van der Waals surface area contributed by atoms with Crippen LogP contribution in [0.4, 0.5) is 5.69 Å². The Balaban J connectivity index is 1.95. The minimum Gasteiger partial charge on any atom is -0.347 e. The summed E-state index contributed by atoms with van der Waals surface area (Å²) in [7, 11) is 0. The molecule has 0 aliphatic heterocycles. The molecule has 0 bridgehead atoms. The zero-order valence-corrected chi connectivity index (χ0v) is 10.2. The molecule has 1 aromatic carbocycles. The van der Waals surface area contributed by atoms with Crippen LogP contribution in [0.2, 0.25) is 0 Å². The zero-order valence-electron chi connectivity index (χ0n) is 8.59. The molecule has 2 rings (SSSR count). The van der Waals surface area contributed by atoms with Crippen molar-refractivity contribution in [3.05, 3.63) is 58.8 Å². The first-order valence-corrected chi connectivity index (χ1v) is 6.21. The maximum atomic E-state index is 5.22. The van der Waals surface area contributed by atoms with E-state index < -0.39 is 0 Å². The van der Waals surface area contributed by atoms with Crippen LogP contribution >= 0.6 is 23.6 Å². The average Bonchev–Trinajstić information content (AvgIpc) is 2.81. The topological polar surface area (TPSA) is 12.0 Å². The number of nitrogens with one attached hydrogen (secondary N) is 1. The third-order valence-corrected chi connectivity index (χ3v) is 3.06. The smallest absolute Gasteiger partial charge is 0.103 e. The van der Waals surface area contributed by atoms with Crippen molar-refractivity contribution in [1.29, 1.82) is 0 Å². The van der Waals surface area contributed by atoms with Gasteiger partial charge in [0, 0.05) is 10.6 Å². The van der Waals surface area contributed by atoms with Crippen LogP contribution in [0.5, 0.6) is 0 Å². The molecule has 16 heavy (non-hydrogen) atoms. The van der Waals surface area contributed by atoms with E-state index in [4.69, 9.17) is 12.2 Å². The second-order valence-electron chi connectivity index (χ2n) is 3.20. The van der Waals surface area contributed by atoms with Gasteiger partial charge in [0.25, 0.3) is 0 Å². The molecule has 1 heterocycles. The zero-order chi connectivity index (χ0) is 11.2. The van der Waals surface area contributed by atoms with Crippen molar-refractivity contribution in [2.24, 2.45) is 0 Å². The number of hydrogen-bond acceptors (Lipinski definition) is 2. The number of anilines is 1. The Morgan fingerprint density at radius 2 is 1.94 bits per heavy atom. The summed E-state index contributed by atoms with van der Waals surface area (Å²) in [5.74, 6) is 0. The van der Waals surface area contributed by atoms with Gasteiger partial charge in [-0.15, -0.1) is 11.3 Å². The molecule has 0 atom stereocenters. The summed E-state index contributed by atoms with van der Waals surface area (Å²) in [5, 5.41) is 5.20. The van der Waals surface area contributed by atoms with Crippen molar-refractivity contribution < 1.29 is 0 Å². The summed E-state index contributed by atoms with van der Waals surface area (Å²) in [4.78, 5) is 1.93. The molecule has 0 unspecified atom stereocenters. The quantitative estimate of drug-likeness (QED) is 0.642. The minimum absolute atomic E-state index is 0.722. The fraction of sp³-hybridized carbons (Fsp3) is 0. The molecular weight excluding hydrogens is 234 g/mol. The molecule has 1 N–H and O–H groups in total. The van der Waals surface area contributed by atoms with Gasteiger partial charge in [-0.1, -0.05) is 36.5 Å². The molecule has 0 aliphatic carbocycles. The van der Waals surface area contributed by atoms with Gasteiger partial charge in [0.05, 0.1) is 0 Å². The van der Waals surface area contributed by atoms with Crippen LogP contribution in [0.1, 0.15) is 4.88 Å². The molecule has 0 saturated carbocycles. The van der Waals surface area contributed by atoms with Crippen molar-refractivity contribution in [3.8, 4) is 0 Å². The lowest BCUT2D eigenvalue weighted by molar-refractivity contribution is 1.65. The van der Waals surface area contributed by atoms with Gasteiger partial charge in [0.2, 0.25) is 0 Å². The van der Waals surface area contributed by atoms with E-state index in [1.54, 1.807) is 11.3 Å². The van der Waals surface area contributed by atoms with Gasteiger partial charge in [-0.25, -0.2) is 0 Å².